The molecule has 0 fully saturated rings. The van der Waals surface area contributed by atoms with Gasteiger partial charge in [-0.3, -0.25) is 0 Å². The van der Waals surface area contributed by atoms with E-state index in [4.69, 9.17) is 18.0 Å². The summed E-state index contributed by atoms with van der Waals surface area (Å²) in [7, 11) is 0.574. The van der Waals surface area contributed by atoms with Gasteiger partial charge in [-0.2, -0.15) is 8.78 Å². The maximum atomic E-state index is 13.4. The maximum Gasteiger partial charge on any atom is 0.530 e. The predicted octanol–water partition coefficient (Wildman–Crippen LogP) is 6.44. The molecular formula is C20H41F3O4Si. The average molecular weight is 431 g/mol. The highest BCUT2D eigenvalue weighted by Gasteiger charge is 2.52. The lowest BCUT2D eigenvalue weighted by Gasteiger charge is -2.33. The van der Waals surface area contributed by atoms with Crippen molar-refractivity contribution in [3.8, 4) is 0 Å². The Kier molecular flexibility index (Phi) is 16.5. The molecule has 0 aliphatic heterocycles. The van der Waals surface area contributed by atoms with Crippen molar-refractivity contribution >= 4 is 8.80 Å². The summed E-state index contributed by atoms with van der Waals surface area (Å²) in [6, 6.07) is 0. The highest BCUT2D eigenvalue weighted by atomic mass is 28.4. The third-order valence-electron chi connectivity index (χ3n) is 5.04. The Balaban J connectivity index is 4.12. The number of hydrogen-bond acceptors (Lipinski definition) is 4. The normalized spacial score (nSPS) is 13.8. The van der Waals surface area contributed by atoms with Gasteiger partial charge < -0.3 is 18.0 Å². The minimum absolute atomic E-state index is 0.286. The Morgan fingerprint density at radius 2 is 1.11 bits per heavy atom. The lowest BCUT2D eigenvalue weighted by atomic mass is 10.0. The molecule has 0 saturated carbocycles. The molecule has 0 heterocycles. The fraction of sp³-hybridized carbons (Fsp3) is 1.00. The van der Waals surface area contributed by atoms with Crippen LogP contribution in [0.3, 0.4) is 0 Å². The molecule has 0 aliphatic rings. The van der Waals surface area contributed by atoms with E-state index >= 15 is 0 Å². The number of ether oxygens (including phenoxy) is 1. The SMILES string of the molecule is CCCCCCCCCCCCCCC(OC(F)(F)CF)[Si](OC)(OC)OC. The van der Waals surface area contributed by atoms with Gasteiger partial charge in [0.05, 0.1) is 0 Å². The standard InChI is InChI=1S/C20H41F3O4Si/c1-5-6-7-8-9-10-11-12-13-14-15-16-17-19(27-20(22,23)18-21)28(24-2,25-3)26-4/h19H,5-18H2,1-4H3. The van der Waals surface area contributed by atoms with E-state index in [2.05, 4.69) is 6.92 Å². The first-order valence-corrected chi connectivity index (χ1v) is 12.5. The highest BCUT2D eigenvalue weighted by molar-refractivity contribution is 6.62. The zero-order valence-corrected chi connectivity index (χ0v) is 19.2. The number of hydrogen-bond donors (Lipinski definition) is 0. The average Bonchev–Trinajstić information content (AvgIpc) is 2.70. The van der Waals surface area contributed by atoms with Gasteiger partial charge in [0.15, 0.2) is 6.67 Å². The molecule has 0 saturated heterocycles. The molecule has 8 heteroatoms. The third kappa shape index (κ3) is 11.8. The Bertz CT molecular complexity index is 350. The van der Waals surface area contributed by atoms with E-state index in [1.807, 2.05) is 0 Å². The molecule has 0 bridgehead atoms. The van der Waals surface area contributed by atoms with Gasteiger partial charge in [0, 0.05) is 21.3 Å². The van der Waals surface area contributed by atoms with E-state index in [9.17, 15) is 13.2 Å². The molecule has 0 aromatic heterocycles. The summed E-state index contributed by atoms with van der Waals surface area (Å²) in [6.45, 7) is 0.340. The van der Waals surface area contributed by atoms with Gasteiger partial charge >= 0.3 is 14.9 Å². The minimum Gasteiger partial charge on any atom is -0.375 e. The summed E-state index contributed by atoms with van der Waals surface area (Å²) in [4.78, 5) is 0. The molecule has 1 unspecified atom stereocenters. The Labute approximate surface area is 170 Å². The number of unbranched alkanes of at least 4 members (excludes halogenated alkanes) is 11. The summed E-state index contributed by atoms with van der Waals surface area (Å²) in [5.74, 6) is 0. The number of halogens is 3. The second-order valence-electron chi connectivity index (χ2n) is 7.27. The Hall–Kier alpha value is -0.153. The molecule has 0 radical (unpaired) electrons. The lowest BCUT2D eigenvalue weighted by Crippen LogP contribution is -2.57. The van der Waals surface area contributed by atoms with Gasteiger partial charge in [-0.15, -0.1) is 0 Å². The third-order valence-corrected chi connectivity index (χ3v) is 7.94. The maximum absolute atomic E-state index is 13.4. The van der Waals surface area contributed by atoms with Crippen LogP contribution in [-0.4, -0.2) is 48.6 Å². The van der Waals surface area contributed by atoms with Crippen LogP contribution in [0.5, 0.6) is 0 Å². The van der Waals surface area contributed by atoms with Crippen molar-refractivity contribution in [3.63, 3.8) is 0 Å². The molecular weight excluding hydrogens is 389 g/mol. The molecule has 1 atom stereocenters. The molecule has 0 rings (SSSR count). The van der Waals surface area contributed by atoms with E-state index in [1.54, 1.807) is 0 Å². The van der Waals surface area contributed by atoms with Gasteiger partial charge in [-0.1, -0.05) is 84.0 Å². The summed E-state index contributed by atoms with van der Waals surface area (Å²) in [5, 5.41) is 0. The van der Waals surface area contributed by atoms with E-state index in [0.29, 0.717) is 6.42 Å². The largest absolute Gasteiger partial charge is 0.530 e. The Morgan fingerprint density at radius 3 is 1.46 bits per heavy atom. The lowest BCUT2D eigenvalue weighted by molar-refractivity contribution is -0.264. The summed E-state index contributed by atoms with van der Waals surface area (Å²) >= 11 is 0. The first-order chi connectivity index (χ1) is 13.4. The minimum atomic E-state index is -3.87. The molecule has 0 aromatic carbocycles. The monoisotopic (exact) mass is 430 g/mol. The molecule has 0 N–H and O–H groups in total. The Morgan fingerprint density at radius 1 is 0.714 bits per heavy atom. The van der Waals surface area contributed by atoms with Crippen LogP contribution in [0.4, 0.5) is 13.2 Å². The molecule has 0 aromatic rings. The molecule has 170 valence electrons. The van der Waals surface area contributed by atoms with Crippen LogP contribution in [0.15, 0.2) is 0 Å². The van der Waals surface area contributed by atoms with Crippen LogP contribution in [0.2, 0.25) is 0 Å². The molecule has 4 nitrogen and oxygen atoms in total. The zero-order valence-electron chi connectivity index (χ0n) is 18.2. The second-order valence-corrected chi connectivity index (χ2v) is 10.3. The van der Waals surface area contributed by atoms with Gasteiger partial charge in [0.2, 0.25) is 0 Å². The summed E-state index contributed by atoms with van der Waals surface area (Å²) in [6.07, 6.45) is 10.6. The van der Waals surface area contributed by atoms with Crippen molar-refractivity contribution < 1.29 is 31.2 Å². The van der Waals surface area contributed by atoms with Crippen LogP contribution in [0.25, 0.3) is 0 Å². The molecule has 0 amide bonds. The van der Waals surface area contributed by atoms with Crippen LogP contribution >= 0.6 is 0 Å². The van der Waals surface area contributed by atoms with Crippen molar-refractivity contribution in [2.45, 2.75) is 102 Å². The van der Waals surface area contributed by atoms with E-state index in [-0.39, 0.29) is 6.42 Å². The van der Waals surface area contributed by atoms with E-state index in [1.165, 1.54) is 72.7 Å². The number of rotatable bonds is 20. The van der Waals surface area contributed by atoms with Crippen molar-refractivity contribution in [1.29, 1.82) is 0 Å². The molecule has 0 aliphatic carbocycles. The highest BCUT2D eigenvalue weighted by Crippen LogP contribution is 2.28. The van der Waals surface area contributed by atoms with Gasteiger partial charge in [0.25, 0.3) is 0 Å². The zero-order chi connectivity index (χ0) is 21.3. The van der Waals surface area contributed by atoms with Gasteiger partial charge in [0.1, 0.15) is 5.73 Å². The fourth-order valence-corrected chi connectivity index (χ4v) is 5.53. The van der Waals surface area contributed by atoms with Crippen molar-refractivity contribution in [2.24, 2.45) is 0 Å². The van der Waals surface area contributed by atoms with Crippen LogP contribution in [0, 0.1) is 0 Å². The first-order valence-electron chi connectivity index (χ1n) is 10.7. The predicted molar refractivity (Wildman–Crippen MR) is 108 cm³/mol. The van der Waals surface area contributed by atoms with E-state index in [0.717, 1.165) is 19.3 Å². The van der Waals surface area contributed by atoms with Crippen LogP contribution in [0.1, 0.15) is 90.4 Å². The van der Waals surface area contributed by atoms with Gasteiger partial charge in [-0.05, 0) is 6.42 Å². The number of alkyl halides is 3. The second kappa shape index (κ2) is 16.6. The van der Waals surface area contributed by atoms with Crippen LogP contribution in [-0.2, 0) is 18.0 Å². The smallest absolute Gasteiger partial charge is 0.375 e. The fourth-order valence-electron chi connectivity index (χ4n) is 3.36. The summed E-state index contributed by atoms with van der Waals surface area (Å²) < 4.78 is 59.9. The van der Waals surface area contributed by atoms with E-state index < -0.39 is 27.3 Å². The summed E-state index contributed by atoms with van der Waals surface area (Å²) in [5.41, 5.74) is -1.10. The first kappa shape index (κ1) is 27.8. The quantitative estimate of drug-likeness (QED) is 0.164. The van der Waals surface area contributed by atoms with Crippen molar-refractivity contribution in [1.82, 2.24) is 0 Å². The molecule has 0 spiro atoms. The van der Waals surface area contributed by atoms with Gasteiger partial charge in [-0.25, -0.2) is 4.39 Å². The van der Waals surface area contributed by atoms with Crippen LogP contribution < -0.4 is 0 Å². The van der Waals surface area contributed by atoms with Crippen molar-refractivity contribution in [2.75, 3.05) is 28.0 Å². The molecule has 28 heavy (non-hydrogen) atoms. The topological polar surface area (TPSA) is 36.9 Å². The van der Waals surface area contributed by atoms with Crippen molar-refractivity contribution in [3.05, 3.63) is 0 Å².